The van der Waals surface area contributed by atoms with E-state index in [-0.39, 0.29) is 34.4 Å². The number of hydrogen-bond donors (Lipinski definition) is 1. The molecule has 0 radical (unpaired) electrons. The normalized spacial score (nSPS) is 16.9. The van der Waals surface area contributed by atoms with Crippen molar-refractivity contribution in [2.24, 2.45) is 0 Å². The minimum atomic E-state index is -0.818. The van der Waals surface area contributed by atoms with E-state index < -0.39 is 17.0 Å². The fourth-order valence-corrected chi connectivity index (χ4v) is 4.69. The van der Waals surface area contributed by atoms with Crippen molar-refractivity contribution < 1.29 is 18.4 Å². The largest absolute Gasteiger partial charge is 0.319 e. The Morgan fingerprint density at radius 3 is 2.33 bits per heavy atom. The number of hydrogen-bond acceptors (Lipinski definition) is 4. The van der Waals surface area contributed by atoms with Crippen LogP contribution in [0, 0.1) is 23.0 Å². The van der Waals surface area contributed by atoms with Gasteiger partial charge in [0.2, 0.25) is 5.91 Å². The van der Waals surface area contributed by atoms with Crippen molar-refractivity contribution in [1.82, 2.24) is 0 Å². The summed E-state index contributed by atoms with van der Waals surface area (Å²) in [7, 11) is 0. The fraction of sp³-hybridized carbons (Fsp3) is 0.0800. The monoisotopic (exact) mass is 461 g/mol. The summed E-state index contributed by atoms with van der Waals surface area (Å²) in [6.07, 6.45) is 0.282. The highest BCUT2D eigenvalue weighted by molar-refractivity contribution is 8.05. The molecule has 5 nitrogen and oxygen atoms in total. The molecular formula is C25H17F2N3O2S. The van der Waals surface area contributed by atoms with E-state index in [0.717, 1.165) is 17.3 Å². The topological polar surface area (TPSA) is 73.2 Å². The highest BCUT2D eigenvalue weighted by Gasteiger charge is 2.40. The number of nitrogens with zero attached hydrogens (tertiary/aromatic N) is 2. The summed E-state index contributed by atoms with van der Waals surface area (Å²) in [6, 6.07) is 22.0. The van der Waals surface area contributed by atoms with E-state index >= 15 is 0 Å². The number of amides is 2. The average Bonchev–Trinajstić information content (AvgIpc) is 3.13. The molecule has 3 aromatic rings. The van der Waals surface area contributed by atoms with Crippen LogP contribution in [0.25, 0.3) is 0 Å². The van der Waals surface area contributed by atoms with Gasteiger partial charge in [-0.25, -0.2) is 8.78 Å². The van der Waals surface area contributed by atoms with Gasteiger partial charge in [-0.3, -0.25) is 14.5 Å². The Bertz CT molecular complexity index is 1270. The van der Waals surface area contributed by atoms with Gasteiger partial charge in [0.25, 0.3) is 5.91 Å². The quantitative estimate of drug-likeness (QED) is 0.427. The van der Waals surface area contributed by atoms with Crippen molar-refractivity contribution in [1.29, 1.82) is 5.26 Å². The van der Waals surface area contributed by atoms with E-state index in [2.05, 4.69) is 5.32 Å². The van der Waals surface area contributed by atoms with Crippen LogP contribution in [0.4, 0.5) is 20.2 Å². The molecular weight excluding hydrogens is 444 g/mol. The molecule has 0 saturated carbocycles. The second-order valence-electron chi connectivity index (χ2n) is 7.17. The summed E-state index contributed by atoms with van der Waals surface area (Å²) < 4.78 is 27.3. The zero-order valence-corrected chi connectivity index (χ0v) is 18.0. The van der Waals surface area contributed by atoms with Crippen LogP contribution < -0.4 is 10.2 Å². The number of nitrogens with one attached hydrogen (secondary N) is 1. The maximum atomic E-state index is 14.0. The first-order chi connectivity index (χ1) is 16.0. The third kappa shape index (κ3) is 4.78. The summed E-state index contributed by atoms with van der Waals surface area (Å²) in [5.41, 5.74) is 0.866. The molecule has 8 heteroatoms. The summed E-state index contributed by atoms with van der Waals surface area (Å²) in [5, 5.41) is 11.7. The van der Waals surface area contributed by atoms with Crippen molar-refractivity contribution in [2.75, 3.05) is 10.2 Å². The minimum Gasteiger partial charge on any atom is -0.319 e. The molecule has 0 aromatic heterocycles. The van der Waals surface area contributed by atoms with Gasteiger partial charge in [0, 0.05) is 5.69 Å². The number of thioether (sulfide) groups is 1. The molecule has 1 heterocycles. The molecule has 0 spiro atoms. The Balaban J connectivity index is 1.72. The lowest BCUT2D eigenvalue weighted by Gasteiger charge is -2.18. The maximum Gasteiger partial charge on any atom is 0.269 e. The highest BCUT2D eigenvalue weighted by atomic mass is 32.2. The van der Waals surface area contributed by atoms with Crippen molar-refractivity contribution in [3.8, 4) is 6.07 Å². The van der Waals surface area contributed by atoms with E-state index in [0.29, 0.717) is 5.69 Å². The third-order valence-corrected chi connectivity index (χ3v) is 6.24. The first-order valence-electron chi connectivity index (χ1n) is 9.98. The smallest absolute Gasteiger partial charge is 0.269 e. The first kappa shape index (κ1) is 22.2. The van der Waals surface area contributed by atoms with Crippen LogP contribution in [0.1, 0.15) is 5.56 Å². The van der Waals surface area contributed by atoms with Gasteiger partial charge in [0.05, 0.1) is 10.9 Å². The van der Waals surface area contributed by atoms with Crippen LogP contribution in [-0.4, -0.2) is 17.1 Å². The predicted octanol–water partition coefficient (Wildman–Crippen LogP) is 5.03. The number of nitriles is 1. The van der Waals surface area contributed by atoms with Crippen LogP contribution in [-0.2, 0) is 16.0 Å². The Hall–Kier alpha value is -3.96. The first-order valence-corrected chi connectivity index (χ1v) is 10.9. The van der Waals surface area contributed by atoms with Gasteiger partial charge in [-0.15, -0.1) is 0 Å². The Morgan fingerprint density at radius 2 is 1.67 bits per heavy atom. The third-order valence-electron chi connectivity index (χ3n) is 4.98. The molecule has 4 rings (SSSR count). The minimum absolute atomic E-state index is 0.0701. The van der Waals surface area contributed by atoms with Crippen molar-refractivity contribution >= 4 is 35.0 Å². The van der Waals surface area contributed by atoms with E-state index in [1.165, 1.54) is 35.2 Å². The molecule has 1 N–H and O–H groups in total. The second kappa shape index (κ2) is 9.67. The van der Waals surface area contributed by atoms with Crippen molar-refractivity contribution in [2.45, 2.75) is 11.7 Å². The number of halogens is 2. The number of rotatable bonds is 5. The van der Waals surface area contributed by atoms with Gasteiger partial charge in [-0.2, -0.15) is 5.26 Å². The average molecular weight is 461 g/mol. The number of benzene rings is 3. The van der Waals surface area contributed by atoms with Gasteiger partial charge < -0.3 is 5.32 Å². The van der Waals surface area contributed by atoms with E-state index in [1.54, 1.807) is 48.5 Å². The molecule has 164 valence electrons. The van der Waals surface area contributed by atoms with Crippen LogP contribution in [0.15, 0.2) is 89.5 Å². The number of anilines is 2. The molecule has 3 aromatic carbocycles. The lowest BCUT2D eigenvalue weighted by atomic mass is 10.1. The summed E-state index contributed by atoms with van der Waals surface area (Å²) in [4.78, 5) is 27.6. The zero-order valence-electron chi connectivity index (χ0n) is 17.2. The molecule has 1 atom stereocenters. The molecule has 0 bridgehead atoms. The predicted molar refractivity (Wildman–Crippen MR) is 123 cm³/mol. The van der Waals surface area contributed by atoms with Gasteiger partial charge >= 0.3 is 0 Å². The van der Waals surface area contributed by atoms with E-state index in [9.17, 15) is 23.6 Å². The summed E-state index contributed by atoms with van der Waals surface area (Å²) >= 11 is 1.08. The molecule has 1 aliphatic heterocycles. The molecule has 33 heavy (non-hydrogen) atoms. The van der Waals surface area contributed by atoms with Crippen LogP contribution >= 0.6 is 11.8 Å². The summed E-state index contributed by atoms with van der Waals surface area (Å²) in [6.45, 7) is 0. The van der Waals surface area contributed by atoms with Crippen molar-refractivity contribution in [3.05, 3.63) is 107 Å². The van der Waals surface area contributed by atoms with Gasteiger partial charge in [-0.05, 0) is 48.4 Å². The molecule has 0 aliphatic carbocycles. The fourth-order valence-electron chi connectivity index (χ4n) is 3.38. The highest BCUT2D eigenvalue weighted by Crippen LogP contribution is 2.42. The van der Waals surface area contributed by atoms with Crippen LogP contribution in [0.3, 0.4) is 0 Å². The Labute approximate surface area is 193 Å². The number of carbonyl (C=O) groups is 2. The summed E-state index contributed by atoms with van der Waals surface area (Å²) in [5.74, 6) is -2.15. The lowest BCUT2D eigenvalue weighted by molar-refractivity contribution is -0.117. The zero-order chi connectivity index (χ0) is 23.4. The number of para-hydroxylation sites is 2. The molecule has 1 fully saturated rings. The second-order valence-corrected chi connectivity index (χ2v) is 8.36. The number of carbonyl (C=O) groups excluding carboxylic acids is 2. The van der Waals surface area contributed by atoms with Crippen LogP contribution in [0.2, 0.25) is 0 Å². The van der Waals surface area contributed by atoms with E-state index in [1.807, 2.05) is 6.07 Å². The SMILES string of the molecule is N#C/C(C(=O)Nc1ccccc1F)=C1\S[C@H](Cc2ccc(F)cc2)C(=O)N1c1ccccc1. The standard InChI is InChI=1S/C25H17F2N3O2S/c26-17-12-10-16(11-13-17)14-22-24(32)30(18-6-2-1-3-7-18)25(33-22)19(15-28)23(31)29-21-9-5-4-8-20(21)27/h1-13,22H,14H2,(H,29,31)/b25-19+/t22-/m1/s1. The molecule has 0 unspecified atom stereocenters. The Morgan fingerprint density at radius 1 is 1.00 bits per heavy atom. The molecule has 2 amide bonds. The molecule has 1 aliphatic rings. The van der Waals surface area contributed by atoms with Crippen LogP contribution in [0.5, 0.6) is 0 Å². The lowest BCUT2D eigenvalue weighted by Crippen LogP contribution is -2.30. The van der Waals surface area contributed by atoms with E-state index in [4.69, 9.17) is 0 Å². The van der Waals surface area contributed by atoms with Gasteiger partial charge in [-0.1, -0.05) is 54.2 Å². The van der Waals surface area contributed by atoms with Gasteiger partial charge in [0.15, 0.2) is 0 Å². The maximum absolute atomic E-state index is 14.0. The Kier molecular flexibility index (Phi) is 6.52. The van der Waals surface area contributed by atoms with Crippen molar-refractivity contribution in [3.63, 3.8) is 0 Å². The molecule has 1 saturated heterocycles. The van der Waals surface area contributed by atoms with Gasteiger partial charge in [0.1, 0.15) is 28.3 Å².